The third-order valence-corrected chi connectivity index (χ3v) is 4.66. The van der Waals surface area contributed by atoms with E-state index in [2.05, 4.69) is 22.5 Å². The third-order valence-electron chi connectivity index (χ3n) is 4.66. The second kappa shape index (κ2) is 7.32. The van der Waals surface area contributed by atoms with Crippen molar-refractivity contribution < 1.29 is 14.3 Å². The quantitative estimate of drug-likeness (QED) is 0.883. The molecule has 130 valence electrons. The summed E-state index contributed by atoms with van der Waals surface area (Å²) in [5.74, 6) is -0.277. The first-order valence-electron chi connectivity index (χ1n) is 8.57. The number of carbonyl (C=O) groups excluding carboxylic acids is 2. The molecule has 1 aliphatic heterocycles. The molecule has 6 heteroatoms. The molecule has 6 nitrogen and oxygen atoms in total. The molecule has 0 unspecified atom stereocenters. The molecule has 24 heavy (non-hydrogen) atoms. The summed E-state index contributed by atoms with van der Waals surface area (Å²) in [6.45, 7) is 4.85. The minimum atomic E-state index is -0.393. The summed E-state index contributed by atoms with van der Waals surface area (Å²) >= 11 is 0. The maximum Gasteiger partial charge on any atom is 0.321 e. The van der Waals surface area contributed by atoms with Crippen LogP contribution in [0.4, 0.5) is 4.79 Å². The zero-order valence-electron chi connectivity index (χ0n) is 14.2. The number of morpholine rings is 1. The summed E-state index contributed by atoms with van der Waals surface area (Å²) in [5.41, 5.74) is 1.11. The SMILES string of the molecule is C[C@@H]1CO[C@@H](c2ccccc2)[C@H](C)N1CC(=O)NC(=O)NC1CC1. The first-order chi connectivity index (χ1) is 11.5. The smallest absolute Gasteiger partial charge is 0.321 e. The molecule has 2 aliphatic rings. The first-order valence-corrected chi connectivity index (χ1v) is 8.57. The van der Waals surface area contributed by atoms with E-state index in [0.29, 0.717) is 6.61 Å². The van der Waals surface area contributed by atoms with Gasteiger partial charge in [-0.15, -0.1) is 0 Å². The molecule has 3 atom stereocenters. The number of carbonyl (C=O) groups is 2. The van der Waals surface area contributed by atoms with Crippen LogP contribution >= 0.6 is 0 Å². The van der Waals surface area contributed by atoms with Gasteiger partial charge in [0.25, 0.3) is 0 Å². The highest BCUT2D eigenvalue weighted by Gasteiger charge is 2.35. The van der Waals surface area contributed by atoms with Crippen LogP contribution in [-0.4, -0.2) is 48.1 Å². The van der Waals surface area contributed by atoms with Crippen LogP contribution in [-0.2, 0) is 9.53 Å². The average Bonchev–Trinajstić information content (AvgIpc) is 3.36. The van der Waals surface area contributed by atoms with Gasteiger partial charge in [-0.1, -0.05) is 30.3 Å². The number of hydrogen-bond donors (Lipinski definition) is 2. The molecular weight excluding hydrogens is 306 g/mol. The Bertz CT molecular complexity index is 588. The van der Waals surface area contributed by atoms with E-state index in [1.165, 1.54) is 0 Å². The van der Waals surface area contributed by atoms with E-state index in [1.807, 2.05) is 37.3 Å². The lowest BCUT2D eigenvalue weighted by Gasteiger charge is -2.43. The van der Waals surface area contributed by atoms with Crippen LogP contribution in [0.2, 0.25) is 0 Å². The van der Waals surface area contributed by atoms with Gasteiger partial charge in [0.1, 0.15) is 0 Å². The Morgan fingerprint density at radius 1 is 1.21 bits per heavy atom. The lowest BCUT2D eigenvalue weighted by atomic mass is 9.98. The van der Waals surface area contributed by atoms with Crippen LogP contribution in [0.15, 0.2) is 30.3 Å². The number of rotatable bonds is 4. The van der Waals surface area contributed by atoms with Crippen molar-refractivity contribution in [2.45, 2.75) is 50.9 Å². The Morgan fingerprint density at radius 2 is 1.92 bits per heavy atom. The van der Waals surface area contributed by atoms with Gasteiger partial charge in [-0.3, -0.25) is 15.0 Å². The van der Waals surface area contributed by atoms with Crippen molar-refractivity contribution in [3.8, 4) is 0 Å². The fourth-order valence-corrected chi connectivity index (χ4v) is 3.15. The molecule has 1 aromatic carbocycles. The van der Waals surface area contributed by atoms with Gasteiger partial charge in [-0.2, -0.15) is 0 Å². The van der Waals surface area contributed by atoms with E-state index in [4.69, 9.17) is 4.74 Å². The molecule has 0 spiro atoms. The highest BCUT2D eigenvalue weighted by molar-refractivity contribution is 5.95. The van der Waals surface area contributed by atoms with E-state index in [-0.39, 0.29) is 36.7 Å². The number of amides is 3. The Morgan fingerprint density at radius 3 is 2.58 bits per heavy atom. The minimum Gasteiger partial charge on any atom is -0.370 e. The van der Waals surface area contributed by atoms with Gasteiger partial charge in [0, 0.05) is 18.1 Å². The number of ether oxygens (including phenoxy) is 1. The van der Waals surface area contributed by atoms with Gasteiger partial charge in [-0.25, -0.2) is 4.79 Å². The summed E-state index contributed by atoms with van der Waals surface area (Å²) in [4.78, 5) is 26.0. The second-order valence-corrected chi connectivity index (χ2v) is 6.72. The Balaban J connectivity index is 1.60. The number of nitrogens with one attached hydrogen (secondary N) is 2. The Labute approximate surface area is 142 Å². The molecule has 1 heterocycles. The van der Waals surface area contributed by atoms with Gasteiger partial charge >= 0.3 is 6.03 Å². The van der Waals surface area contributed by atoms with Crippen LogP contribution in [0, 0.1) is 0 Å². The van der Waals surface area contributed by atoms with Crippen molar-refractivity contribution in [2.75, 3.05) is 13.2 Å². The van der Waals surface area contributed by atoms with Gasteiger partial charge in [0.15, 0.2) is 0 Å². The van der Waals surface area contributed by atoms with Crippen LogP contribution in [0.3, 0.4) is 0 Å². The highest BCUT2D eigenvalue weighted by atomic mass is 16.5. The molecule has 1 aromatic rings. The van der Waals surface area contributed by atoms with E-state index in [0.717, 1.165) is 18.4 Å². The van der Waals surface area contributed by atoms with E-state index >= 15 is 0 Å². The van der Waals surface area contributed by atoms with Crippen LogP contribution in [0.5, 0.6) is 0 Å². The molecule has 1 saturated heterocycles. The fraction of sp³-hybridized carbons (Fsp3) is 0.556. The topological polar surface area (TPSA) is 70.7 Å². The number of hydrogen-bond acceptors (Lipinski definition) is 4. The molecule has 0 aromatic heterocycles. The predicted octanol–water partition coefficient (Wildman–Crippen LogP) is 1.83. The molecule has 1 saturated carbocycles. The van der Waals surface area contributed by atoms with Crippen molar-refractivity contribution in [1.29, 1.82) is 0 Å². The van der Waals surface area contributed by atoms with Crippen LogP contribution in [0.25, 0.3) is 0 Å². The lowest BCUT2D eigenvalue weighted by Crippen LogP contribution is -2.55. The van der Waals surface area contributed by atoms with Crippen LogP contribution < -0.4 is 10.6 Å². The number of urea groups is 1. The van der Waals surface area contributed by atoms with E-state index in [9.17, 15) is 9.59 Å². The number of benzene rings is 1. The zero-order chi connectivity index (χ0) is 17.1. The third kappa shape index (κ3) is 4.13. The number of nitrogens with zero attached hydrogens (tertiary/aromatic N) is 1. The van der Waals surface area contributed by atoms with Gasteiger partial charge in [0.05, 0.1) is 19.3 Å². The standard InChI is InChI=1S/C18H25N3O3/c1-12-11-24-17(14-6-4-3-5-7-14)13(2)21(12)10-16(22)20-18(23)19-15-8-9-15/h3-7,12-13,15,17H,8-11H2,1-2H3,(H2,19,20,22,23)/t12-,13+,17-/m1/s1. The maximum absolute atomic E-state index is 12.2. The molecule has 2 N–H and O–H groups in total. The number of imide groups is 1. The first kappa shape index (κ1) is 16.9. The monoisotopic (exact) mass is 331 g/mol. The molecular formula is C18H25N3O3. The molecule has 2 fully saturated rings. The fourth-order valence-electron chi connectivity index (χ4n) is 3.15. The van der Waals surface area contributed by atoms with Crippen molar-refractivity contribution in [3.05, 3.63) is 35.9 Å². The molecule has 1 aliphatic carbocycles. The van der Waals surface area contributed by atoms with E-state index in [1.54, 1.807) is 0 Å². The molecule has 0 bridgehead atoms. The summed E-state index contributed by atoms with van der Waals surface area (Å²) in [6.07, 6.45) is 1.92. The highest BCUT2D eigenvalue weighted by Crippen LogP contribution is 2.30. The second-order valence-electron chi connectivity index (χ2n) is 6.72. The van der Waals surface area contributed by atoms with Crippen molar-refractivity contribution in [3.63, 3.8) is 0 Å². The van der Waals surface area contributed by atoms with Crippen LogP contribution in [0.1, 0.15) is 38.4 Å². The van der Waals surface area contributed by atoms with Crippen molar-refractivity contribution in [1.82, 2.24) is 15.5 Å². The van der Waals surface area contributed by atoms with Gasteiger partial charge in [-0.05, 0) is 32.3 Å². The summed E-state index contributed by atoms with van der Waals surface area (Å²) in [7, 11) is 0. The molecule has 0 radical (unpaired) electrons. The zero-order valence-corrected chi connectivity index (χ0v) is 14.2. The maximum atomic E-state index is 12.2. The van der Waals surface area contributed by atoms with Gasteiger partial charge < -0.3 is 10.1 Å². The summed E-state index contributed by atoms with van der Waals surface area (Å²) < 4.78 is 5.99. The normalized spacial score (nSPS) is 27.5. The minimum absolute atomic E-state index is 0.0494. The molecule has 3 amide bonds. The van der Waals surface area contributed by atoms with Gasteiger partial charge in [0.2, 0.25) is 5.91 Å². The Kier molecular flexibility index (Phi) is 5.16. The van der Waals surface area contributed by atoms with E-state index < -0.39 is 6.03 Å². The van der Waals surface area contributed by atoms with Crippen molar-refractivity contribution >= 4 is 11.9 Å². The predicted molar refractivity (Wildman–Crippen MR) is 90.5 cm³/mol. The van der Waals surface area contributed by atoms with Crippen molar-refractivity contribution in [2.24, 2.45) is 0 Å². The molecule has 3 rings (SSSR count). The summed E-state index contributed by atoms with van der Waals surface area (Å²) in [5, 5.41) is 5.19. The largest absolute Gasteiger partial charge is 0.370 e. The summed E-state index contributed by atoms with van der Waals surface area (Å²) in [6, 6.07) is 10.0. The average molecular weight is 331 g/mol. The Hall–Kier alpha value is -1.92. The lowest BCUT2D eigenvalue weighted by molar-refractivity contribution is -0.130.